The quantitative estimate of drug-likeness (QED) is 0.193. The number of carboxylic acid groups (broad SMARTS) is 1. The highest BCUT2D eigenvalue weighted by atomic mass is 16.5. The highest BCUT2D eigenvalue weighted by Gasteiger charge is 2.07. The molecule has 152 valence electrons. The molecule has 4 nitrogen and oxygen atoms in total. The Labute approximate surface area is 160 Å². The van der Waals surface area contributed by atoms with E-state index in [2.05, 4.69) is 27.0 Å². The van der Waals surface area contributed by atoms with Gasteiger partial charge in [-0.2, -0.15) is 0 Å². The molecule has 0 heterocycles. The summed E-state index contributed by atoms with van der Waals surface area (Å²) in [6.45, 7) is 11.8. The van der Waals surface area contributed by atoms with Crippen LogP contribution >= 0.6 is 0 Å². The van der Waals surface area contributed by atoms with Crippen LogP contribution in [0.4, 0.5) is 0 Å². The number of carbonyl (C=O) groups is 2. The van der Waals surface area contributed by atoms with E-state index in [0.29, 0.717) is 12.2 Å². The van der Waals surface area contributed by atoms with E-state index in [1.165, 1.54) is 57.8 Å². The Morgan fingerprint density at radius 3 is 1.73 bits per heavy atom. The summed E-state index contributed by atoms with van der Waals surface area (Å²) >= 11 is 0. The molecule has 0 fully saturated rings. The molecule has 0 rings (SSSR count). The minimum atomic E-state index is -0.981. The lowest BCUT2D eigenvalue weighted by molar-refractivity contribution is -0.139. The zero-order valence-corrected chi connectivity index (χ0v) is 17.1. The number of hydrogen-bond donors (Lipinski definition) is 1. The van der Waals surface area contributed by atoms with E-state index in [1.54, 1.807) is 0 Å². The molecule has 0 spiro atoms. The Hall–Kier alpha value is -1.58. The van der Waals surface area contributed by atoms with Crippen molar-refractivity contribution in [2.75, 3.05) is 6.61 Å². The molecule has 26 heavy (non-hydrogen) atoms. The van der Waals surface area contributed by atoms with Crippen molar-refractivity contribution in [3.05, 3.63) is 24.8 Å². The van der Waals surface area contributed by atoms with E-state index >= 15 is 0 Å². The third-order valence-corrected chi connectivity index (χ3v) is 4.03. The van der Waals surface area contributed by atoms with Crippen molar-refractivity contribution in [3.63, 3.8) is 0 Å². The zero-order valence-electron chi connectivity index (χ0n) is 17.1. The number of carboxylic acids is 1. The van der Waals surface area contributed by atoms with Gasteiger partial charge >= 0.3 is 11.9 Å². The first-order chi connectivity index (χ1) is 12.5. The molecule has 0 saturated heterocycles. The van der Waals surface area contributed by atoms with Gasteiger partial charge in [-0.25, -0.2) is 9.59 Å². The zero-order chi connectivity index (χ0) is 20.0. The second-order valence-electron chi connectivity index (χ2n) is 6.57. The van der Waals surface area contributed by atoms with Crippen LogP contribution in [0.2, 0.25) is 0 Å². The summed E-state index contributed by atoms with van der Waals surface area (Å²) < 4.78 is 5.27. The van der Waals surface area contributed by atoms with Gasteiger partial charge < -0.3 is 9.84 Å². The molecule has 1 N–H and O–H groups in total. The molecular weight excluding hydrogens is 328 g/mol. The van der Waals surface area contributed by atoms with E-state index in [9.17, 15) is 9.59 Å². The Morgan fingerprint density at radius 1 is 0.846 bits per heavy atom. The van der Waals surface area contributed by atoms with Crippen molar-refractivity contribution in [3.8, 4) is 0 Å². The van der Waals surface area contributed by atoms with Crippen LogP contribution in [0.25, 0.3) is 0 Å². The summed E-state index contributed by atoms with van der Waals surface area (Å²) in [5, 5.41) is 7.60. The molecule has 0 aromatic heterocycles. The number of carbonyl (C=O) groups excluding carboxylic acids is 1. The molecule has 4 heteroatoms. The Bertz CT molecular complexity index is 374. The third kappa shape index (κ3) is 22.4. The van der Waals surface area contributed by atoms with Crippen molar-refractivity contribution in [1.82, 2.24) is 0 Å². The highest BCUT2D eigenvalue weighted by Crippen LogP contribution is 2.12. The van der Waals surface area contributed by atoms with Crippen molar-refractivity contribution in [2.45, 2.75) is 97.3 Å². The summed E-state index contributed by atoms with van der Waals surface area (Å²) in [5.41, 5.74) is 0.650. The Kier molecular flexibility index (Phi) is 22.0. The lowest BCUT2D eigenvalue weighted by Crippen LogP contribution is -2.08. The maximum atomic E-state index is 11.7. The van der Waals surface area contributed by atoms with Gasteiger partial charge in [0.05, 0.1) is 6.61 Å². The highest BCUT2D eigenvalue weighted by molar-refractivity contribution is 5.87. The molecule has 0 saturated carbocycles. The maximum Gasteiger partial charge on any atom is 0.333 e. The van der Waals surface area contributed by atoms with E-state index in [0.717, 1.165) is 31.8 Å². The number of hydrogen-bond acceptors (Lipinski definition) is 3. The molecule has 0 bridgehead atoms. The Morgan fingerprint density at radius 2 is 1.27 bits per heavy atom. The predicted molar refractivity (Wildman–Crippen MR) is 109 cm³/mol. The summed E-state index contributed by atoms with van der Waals surface area (Å²) in [6.07, 6.45) is 16.4. The summed E-state index contributed by atoms with van der Waals surface area (Å²) in [7, 11) is 0. The predicted octanol–water partition coefficient (Wildman–Crippen LogP) is 6.45. The largest absolute Gasteiger partial charge is 0.478 e. The Balaban J connectivity index is 0. The van der Waals surface area contributed by atoms with Crippen LogP contribution in [0, 0.1) is 0 Å². The number of aliphatic carboxylic acids is 1. The monoisotopic (exact) mass is 368 g/mol. The second kappa shape index (κ2) is 21.5. The SMILES string of the molecule is C=C(CCCCCCCC)C(=O)OCCCCCCCC.C=CC(=O)O. The van der Waals surface area contributed by atoms with E-state index in [4.69, 9.17) is 9.84 Å². The maximum absolute atomic E-state index is 11.7. The van der Waals surface area contributed by atoms with Crippen LogP contribution in [0.1, 0.15) is 97.3 Å². The van der Waals surface area contributed by atoms with Crippen molar-refractivity contribution in [2.24, 2.45) is 0 Å². The van der Waals surface area contributed by atoms with Gasteiger partial charge in [0.15, 0.2) is 0 Å². The number of ether oxygens (including phenoxy) is 1. The number of unbranched alkanes of at least 4 members (excludes halogenated alkanes) is 10. The standard InChI is InChI=1S/C19H36O2.C3H4O2/c1-4-6-8-10-12-14-16-18(3)19(20)21-17-15-13-11-9-7-5-2;1-2-3(4)5/h3-17H2,1-2H3;2H,1H2,(H,4,5). The molecule has 0 atom stereocenters. The molecule has 0 aromatic rings. The van der Waals surface area contributed by atoms with Crippen LogP contribution in [0.5, 0.6) is 0 Å². The van der Waals surface area contributed by atoms with E-state index in [-0.39, 0.29) is 5.97 Å². The van der Waals surface area contributed by atoms with Gasteiger partial charge in [-0.15, -0.1) is 0 Å². The molecule has 0 radical (unpaired) electrons. The van der Waals surface area contributed by atoms with E-state index in [1.807, 2.05) is 0 Å². The third-order valence-electron chi connectivity index (χ3n) is 4.03. The van der Waals surface area contributed by atoms with Gasteiger partial charge in [0, 0.05) is 11.6 Å². The summed E-state index contributed by atoms with van der Waals surface area (Å²) in [5.74, 6) is -1.16. The normalized spacial score (nSPS) is 9.77. The van der Waals surface area contributed by atoms with Crippen molar-refractivity contribution in [1.29, 1.82) is 0 Å². The van der Waals surface area contributed by atoms with Crippen LogP contribution in [-0.4, -0.2) is 23.7 Å². The molecule has 0 amide bonds. The summed E-state index contributed by atoms with van der Waals surface area (Å²) in [6, 6.07) is 0. The molecule has 0 aliphatic heterocycles. The topological polar surface area (TPSA) is 63.6 Å². The van der Waals surface area contributed by atoms with Gasteiger partial charge in [0.2, 0.25) is 0 Å². The smallest absolute Gasteiger partial charge is 0.333 e. The molecule has 0 unspecified atom stereocenters. The first kappa shape index (κ1) is 26.6. The van der Waals surface area contributed by atoms with Gasteiger partial charge in [0.1, 0.15) is 0 Å². The minimum Gasteiger partial charge on any atom is -0.478 e. The van der Waals surface area contributed by atoms with Crippen molar-refractivity contribution >= 4 is 11.9 Å². The number of rotatable bonds is 16. The second-order valence-corrected chi connectivity index (χ2v) is 6.57. The average Bonchev–Trinajstić information content (AvgIpc) is 2.63. The lowest BCUT2D eigenvalue weighted by atomic mass is 10.1. The van der Waals surface area contributed by atoms with Gasteiger partial charge in [-0.05, 0) is 19.3 Å². The van der Waals surface area contributed by atoms with E-state index < -0.39 is 5.97 Å². The van der Waals surface area contributed by atoms with Crippen LogP contribution in [0.3, 0.4) is 0 Å². The van der Waals surface area contributed by atoms with Crippen molar-refractivity contribution < 1.29 is 19.4 Å². The van der Waals surface area contributed by atoms with Crippen LogP contribution < -0.4 is 0 Å². The fraction of sp³-hybridized carbons (Fsp3) is 0.727. The first-order valence-corrected chi connectivity index (χ1v) is 10.2. The average molecular weight is 369 g/mol. The van der Waals surface area contributed by atoms with Gasteiger partial charge in [-0.1, -0.05) is 91.2 Å². The van der Waals surface area contributed by atoms with Gasteiger partial charge in [-0.3, -0.25) is 0 Å². The fourth-order valence-corrected chi connectivity index (χ4v) is 2.37. The fourth-order valence-electron chi connectivity index (χ4n) is 2.37. The first-order valence-electron chi connectivity index (χ1n) is 10.2. The molecule has 0 aliphatic rings. The minimum absolute atomic E-state index is 0.183. The number of esters is 1. The molecule has 0 aliphatic carbocycles. The summed E-state index contributed by atoms with van der Waals surface area (Å²) in [4.78, 5) is 21.0. The lowest BCUT2D eigenvalue weighted by Gasteiger charge is -2.07. The molecular formula is C22H40O4. The van der Waals surface area contributed by atoms with Crippen LogP contribution in [0.15, 0.2) is 24.8 Å². The molecule has 0 aromatic carbocycles. The van der Waals surface area contributed by atoms with Crippen LogP contribution in [-0.2, 0) is 14.3 Å². The van der Waals surface area contributed by atoms with Gasteiger partial charge in [0.25, 0.3) is 0 Å².